The minimum Gasteiger partial charge on any atom is -0.308 e. The Labute approximate surface area is 130 Å². The summed E-state index contributed by atoms with van der Waals surface area (Å²) in [6.07, 6.45) is 0.554. The molecule has 22 heavy (non-hydrogen) atoms. The van der Waals surface area contributed by atoms with Gasteiger partial charge in [0.05, 0.1) is 17.1 Å². The SMILES string of the molecule is CCCS(=O)(=O)Nc1ccc2c3c(cccc13)C(=O)N2CC. The summed E-state index contributed by atoms with van der Waals surface area (Å²) in [7, 11) is -3.36. The Kier molecular flexibility index (Phi) is 3.56. The molecule has 0 saturated heterocycles. The van der Waals surface area contributed by atoms with Crippen LogP contribution in [0.1, 0.15) is 30.6 Å². The smallest absolute Gasteiger partial charge is 0.258 e. The van der Waals surface area contributed by atoms with Crippen LogP contribution >= 0.6 is 0 Å². The van der Waals surface area contributed by atoms with Gasteiger partial charge in [0.25, 0.3) is 5.91 Å². The van der Waals surface area contributed by atoms with Crippen molar-refractivity contribution in [3.8, 4) is 0 Å². The Morgan fingerprint density at radius 3 is 2.59 bits per heavy atom. The van der Waals surface area contributed by atoms with E-state index >= 15 is 0 Å². The van der Waals surface area contributed by atoms with Crippen LogP contribution in [0.3, 0.4) is 0 Å². The molecule has 6 heteroatoms. The third kappa shape index (κ3) is 2.23. The van der Waals surface area contributed by atoms with Crippen molar-refractivity contribution in [3.05, 3.63) is 35.9 Å². The molecule has 0 spiro atoms. The first-order chi connectivity index (χ1) is 10.5. The minimum atomic E-state index is -3.36. The molecular formula is C16H18N2O3S. The number of nitrogens with one attached hydrogen (secondary N) is 1. The fraction of sp³-hybridized carbons (Fsp3) is 0.312. The molecule has 0 atom stereocenters. The van der Waals surface area contributed by atoms with Crippen molar-refractivity contribution in [3.63, 3.8) is 0 Å². The van der Waals surface area contributed by atoms with Gasteiger partial charge in [-0.25, -0.2) is 8.42 Å². The van der Waals surface area contributed by atoms with E-state index in [1.807, 2.05) is 26.0 Å². The Balaban J connectivity index is 2.18. The van der Waals surface area contributed by atoms with Gasteiger partial charge in [-0.05, 0) is 31.5 Å². The van der Waals surface area contributed by atoms with E-state index in [0.717, 1.165) is 16.5 Å². The topological polar surface area (TPSA) is 66.5 Å². The Hall–Kier alpha value is -2.08. The van der Waals surface area contributed by atoms with E-state index in [1.54, 1.807) is 23.1 Å². The summed E-state index contributed by atoms with van der Waals surface area (Å²) in [4.78, 5) is 14.1. The van der Waals surface area contributed by atoms with Gasteiger partial charge in [-0.1, -0.05) is 19.1 Å². The zero-order chi connectivity index (χ0) is 15.9. The summed E-state index contributed by atoms with van der Waals surface area (Å²) in [6, 6.07) is 8.96. The molecule has 1 aliphatic rings. The lowest BCUT2D eigenvalue weighted by molar-refractivity contribution is 0.0994. The van der Waals surface area contributed by atoms with Crippen molar-refractivity contribution in [1.29, 1.82) is 0 Å². The first kappa shape index (κ1) is 14.8. The van der Waals surface area contributed by atoms with Crippen LogP contribution in [0.5, 0.6) is 0 Å². The van der Waals surface area contributed by atoms with Crippen molar-refractivity contribution in [1.82, 2.24) is 0 Å². The molecule has 0 aliphatic carbocycles. The summed E-state index contributed by atoms with van der Waals surface area (Å²) in [6.45, 7) is 4.33. The summed E-state index contributed by atoms with van der Waals surface area (Å²) >= 11 is 0. The maximum Gasteiger partial charge on any atom is 0.258 e. The third-order valence-corrected chi connectivity index (χ3v) is 5.32. The van der Waals surface area contributed by atoms with E-state index in [0.29, 0.717) is 24.2 Å². The summed E-state index contributed by atoms with van der Waals surface area (Å²) in [5.74, 6) is 0.0485. The fourth-order valence-corrected chi connectivity index (χ4v) is 4.09. The van der Waals surface area contributed by atoms with Crippen molar-refractivity contribution >= 4 is 38.1 Å². The van der Waals surface area contributed by atoms with E-state index in [-0.39, 0.29) is 11.7 Å². The van der Waals surface area contributed by atoms with Gasteiger partial charge in [0, 0.05) is 22.9 Å². The molecule has 5 nitrogen and oxygen atoms in total. The molecule has 0 aromatic heterocycles. The molecule has 3 rings (SSSR count). The highest BCUT2D eigenvalue weighted by atomic mass is 32.2. The number of benzene rings is 2. The molecular weight excluding hydrogens is 300 g/mol. The van der Waals surface area contributed by atoms with Crippen LogP contribution in [0, 0.1) is 0 Å². The predicted molar refractivity (Wildman–Crippen MR) is 89.0 cm³/mol. The van der Waals surface area contributed by atoms with E-state index < -0.39 is 10.0 Å². The molecule has 116 valence electrons. The largest absolute Gasteiger partial charge is 0.308 e. The average Bonchev–Trinajstić information content (AvgIpc) is 2.75. The third-order valence-electron chi connectivity index (χ3n) is 3.84. The van der Waals surface area contributed by atoms with Crippen LogP contribution in [0.4, 0.5) is 11.4 Å². The zero-order valence-electron chi connectivity index (χ0n) is 12.6. The number of anilines is 2. The minimum absolute atomic E-state index is 0.0309. The second kappa shape index (κ2) is 5.28. The van der Waals surface area contributed by atoms with Gasteiger partial charge in [0.2, 0.25) is 10.0 Å². The highest BCUT2D eigenvalue weighted by molar-refractivity contribution is 7.92. The van der Waals surface area contributed by atoms with E-state index in [2.05, 4.69) is 4.72 Å². The van der Waals surface area contributed by atoms with Crippen LogP contribution < -0.4 is 9.62 Å². The Morgan fingerprint density at radius 1 is 1.14 bits per heavy atom. The second-order valence-electron chi connectivity index (χ2n) is 5.33. The summed E-state index contributed by atoms with van der Waals surface area (Å²) in [5, 5.41) is 1.59. The van der Waals surface area contributed by atoms with E-state index in [9.17, 15) is 13.2 Å². The first-order valence-electron chi connectivity index (χ1n) is 7.36. The van der Waals surface area contributed by atoms with Gasteiger partial charge in [0.15, 0.2) is 0 Å². The number of hydrogen-bond acceptors (Lipinski definition) is 3. The maximum absolute atomic E-state index is 12.4. The molecule has 0 unspecified atom stereocenters. The maximum atomic E-state index is 12.4. The van der Waals surface area contributed by atoms with Gasteiger partial charge >= 0.3 is 0 Å². The molecule has 2 aromatic rings. The van der Waals surface area contributed by atoms with Gasteiger partial charge < -0.3 is 4.90 Å². The first-order valence-corrected chi connectivity index (χ1v) is 9.01. The molecule has 1 aliphatic heterocycles. The molecule has 0 saturated carbocycles. The summed E-state index contributed by atoms with van der Waals surface area (Å²) in [5.41, 5.74) is 2.00. The molecule has 1 heterocycles. The lowest BCUT2D eigenvalue weighted by Gasteiger charge is -2.16. The summed E-state index contributed by atoms with van der Waals surface area (Å²) < 4.78 is 26.7. The van der Waals surface area contributed by atoms with Gasteiger partial charge in [-0.15, -0.1) is 0 Å². The lowest BCUT2D eigenvalue weighted by Crippen LogP contribution is -2.25. The van der Waals surface area contributed by atoms with Gasteiger partial charge in [0.1, 0.15) is 0 Å². The quantitative estimate of drug-likeness (QED) is 0.921. The number of nitrogens with zero attached hydrogens (tertiary/aromatic N) is 1. The molecule has 0 radical (unpaired) electrons. The molecule has 0 fully saturated rings. The van der Waals surface area contributed by atoms with E-state index in [1.165, 1.54) is 0 Å². The van der Waals surface area contributed by atoms with Gasteiger partial charge in [-0.2, -0.15) is 0 Å². The van der Waals surface area contributed by atoms with Crippen LogP contribution in [0.15, 0.2) is 30.3 Å². The number of carbonyl (C=O) groups is 1. The predicted octanol–water partition coefficient (Wildman–Crippen LogP) is 2.97. The Bertz CT molecular complexity index is 859. The van der Waals surface area contributed by atoms with Crippen molar-refractivity contribution in [2.45, 2.75) is 20.3 Å². The average molecular weight is 318 g/mol. The highest BCUT2D eigenvalue weighted by Gasteiger charge is 2.29. The van der Waals surface area contributed by atoms with Crippen molar-refractivity contribution in [2.24, 2.45) is 0 Å². The van der Waals surface area contributed by atoms with Crippen LogP contribution in [-0.2, 0) is 10.0 Å². The monoisotopic (exact) mass is 318 g/mol. The van der Waals surface area contributed by atoms with Crippen LogP contribution in [0.2, 0.25) is 0 Å². The van der Waals surface area contributed by atoms with E-state index in [4.69, 9.17) is 0 Å². The standard InChI is InChI=1S/C16H18N2O3S/c1-3-10-22(20,21)17-13-8-9-14-15-11(13)6-5-7-12(15)16(19)18(14)4-2/h5-9,17H,3-4,10H2,1-2H3. The van der Waals surface area contributed by atoms with Gasteiger partial charge in [-0.3, -0.25) is 9.52 Å². The second-order valence-corrected chi connectivity index (χ2v) is 7.17. The molecule has 1 N–H and O–H groups in total. The number of rotatable bonds is 5. The number of hydrogen-bond donors (Lipinski definition) is 1. The van der Waals surface area contributed by atoms with Crippen LogP contribution in [-0.4, -0.2) is 26.6 Å². The van der Waals surface area contributed by atoms with Crippen LogP contribution in [0.25, 0.3) is 10.8 Å². The molecule has 1 amide bonds. The molecule has 0 bridgehead atoms. The normalized spacial score (nSPS) is 13.9. The van der Waals surface area contributed by atoms with Crippen molar-refractivity contribution < 1.29 is 13.2 Å². The zero-order valence-corrected chi connectivity index (χ0v) is 13.4. The highest BCUT2D eigenvalue weighted by Crippen LogP contribution is 2.40. The molecule has 2 aromatic carbocycles. The number of sulfonamides is 1. The fourth-order valence-electron chi connectivity index (χ4n) is 2.94. The number of carbonyl (C=O) groups excluding carboxylic acids is 1. The van der Waals surface area contributed by atoms with Crippen molar-refractivity contribution in [2.75, 3.05) is 21.9 Å². The number of amides is 1. The lowest BCUT2D eigenvalue weighted by atomic mass is 10.0. The Morgan fingerprint density at radius 2 is 1.91 bits per heavy atom.